The highest BCUT2D eigenvalue weighted by Crippen LogP contribution is 2.19. The highest BCUT2D eigenvalue weighted by molar-refractivity contribution is 14.1. The van der Waals surface area contributed by atoms with Gasteiger partial charge in [-0.15, -0.1) is 0 Å². The first-order valence-corrected chi connectivity index (χ1v) is 7.33. The minimum Gasteiger partial charge on any atom is -0.336 e. The highest BCUT2D eigenvalue weighted by Gasteiger charge is 2.22. The van der Waals surface area contributed by atoms with Gasteiger partial charge < -0.3 is 4.90 Å². The molecule has 0 bridgehead atoms. The smallest absolute Gasteiger partial charge is 0.254 e. The van der Waals surface area contributed by atoms with E-state index in [1.165, 1.54) is 16.4 Å². The van der Waals surface area contributed by atoms with Gasteiger partial charge >= 0.3 is 0 Å². The number of nitrogens with zero attached hydrogens (tertiary/aromatic N) is 1. The lowest BCUT2D eigenvalue weighted by Gasteiger charge is -2.27. The van der Waals surface area contributed by atoms with Crippen molar-refractivity contribution in [2.75, 3.05) is 6.54 Å². The van der Waals surface area contributed by atoms with Crippen LogP contribution in [0, 0.1) is 3.57 Å². The molecule has 0 N–H and O–H groups in total. The molecule has 1 aliphatic heterocycles. The van der Waals surface area contributed by atoms with E-state index in [2.05, 4.69) is 29.5 Å². The first kappa shape index (κ1) is 12.9. The van der Waals surface area contributed by atoms with Crippen LogP contribution in [0.15, 0.2) is 24.3 Å². The van der Waals surface area contributed by atoms with Crippen molar-refractivity contribution in [2.45, 2.75) is 38.6 Å². The van der Waals surface area contributed by atoms with Crippen LogP contribution >= 0.6 is 22.6 Å². The molecule has 3 heteroatoms. The molecule has 1 atom stereocenters. The zero-order valence-corrected chi connectivity index (χ0v) is 12.3. The summed E-state index contributed by atoms with van der Waals surface area (Å²) in [6.07, 6.45) is 4.77. The molecule has 17 heavy (non-hydrogen) atoms. The number of benzene rings is 1. The van der Waals surface area contributed by atoms with Gasteiger partial charge in [-0.3, -0.25) is 4.79 Å². The first-order chi connectivity index (χ1) is 8.18. The van der Waals surface area contributed by atoms with Gasteiger partial charge in [-0.2, -0.15) is 0 Å². The maximum absolute atomic E-state index is 12.4. The monoisotopic (exact) mass is 343 g/mol. The van der Waals surface area contributed by atoms with E-state index in [4.69, 9.17) is 0 Å². The van der Waals surface area contributed by atoms with Gasteiger partial charge in [0.25, 0.3) is 5.91 Å². The van der Waals surface area contributed by atoms with Crippen molar-refractivity contribution in [2.24, 2.45) is 0 Å². The van der Waals surface area contributed by atoms with E-state index < -0.39 is 0 Å². The molecular formula is C14H18INO. The summed E-state index contributed by atoms with van der Waals surface area (Å²) in [6, 6.07) is 8.24. The van der Waals surface area contributed by atoms with E-state index in [1.807, 2.05) is 29.2 Å². The molecule has 0 spiro atoms. The van der Waals surface area contributed by atoms with Crippen LogP contribution in [0.4, 0.5) is 0 Å². The van der Waals surface area contributed by atoms with E-state index in [0.717, 1.165) is 24.9 Å². The number of hydrogen-bond donors (Lipinski definition) is 0. The Kier molecular flexibility index (Phi) is 4.42. The summed E-state index contributed by atoms with van der Waals surface area (Å²) in [6.45, 7) is 3.07. The number of halogens is 1. The van der Waals surface area contributed by atoms with Crippen LogP contribution in [0.2, 0.25) is 0 Å². The Morgan fingerprint density at radius 2 is 1.94 bits per heavy atom. The van der Waals surface area contributed by atoms with Crippen molar-refractivity contribution < 1.29 is 4.79 Å². The number of carbonyl (C=O) groups excluding carboxylic acids is 1. The van der Waals surface area contributed by atoms with Crippen LogP contribution < -0.4 is 0 Å². The molecule has 2 rings (SSSR count). The zero-order chi connectivity index (χ0) is 12.3. The molecule has 1 aromatic carbocycles. The summed E-state index contributed by atoms with van der Waals surface area (Å²) >= 11 is 2.26. The van der Waals surface area contributed by atoms with Crippen molar-refractivity contribution in [3.8, 4) is 0 Å². The van der Waals surface area contributed by atoms with Crippen LogP contribution in [-0.2, 0) is 0 Å². The second-order valence-electron chi connectivity index (χ2n) is 4.70. The lowest BCUT2D eigenvalue weighted by atomic mass is 10.1. The number of likely N-dealkylation sites (tertiary alicyclic amines) is 1. The second-order valence-corrected chi connectivity index (χ2v) is 5.95. The van der Waals surface area contributed by atoms with Gasteiger partial charge in [-0.1, -0.05) is 12.8 Å². The lowest BCUT2D eigenvalue weighted by Crippen LogP contribution is -2.38. The van der Waals surface area contributed by atoms with Gasteiger partial charge in [0.15, 0.2) is 0 Å². The van der Waals surface area contributed by atoms with Crippen molar-refractivity contribution in [1.82, 2.24) is 4.90 Å². The van der Waals surface area contributed by atoms with Crippen LogP contribution in [0.1, 0.15) is 43.0 Å². The molecule has 1 amide bonds. The van der Waals surface area contributed by atoms with Crippen molar-refractivity contribution in [3.63, 3.8) is 0 Å². The van der Waals surface area contributed by atoms with Gasteiger partial charge in [0.2, 0.25) is 0 Å². The first-order valence-electron chi connectivity index (χ1n) is 6.25. The van der Waals surface area contributed by atoms with Gasteiger partial charge in [-0.25, -0.2) is 0 Å². The molecule has 0 aromatic heterocycles. The predicted octanol–water partition coefficient (Wildman–Crippen LogP) is 3.70. The third-order valence-electron chi connectivity index (χ3n) is 3.41. The summed E-state index contributed by atoms with van der Waals surface area (Å²) in [5.41, 5.74) is 0.819. The van der Waals surface area contributed by atoms with Crippen LogP contribution in [0.3, 0.4) is 0 Å². The number of rotatable bonds is 1. The van der Waals surface area contributed by atoms with Gasteiger partial charge in [0.1, 0.15) is 0 Å². The Balaban J connectivity index is 2.15. The molecule has 1 unspecified atom stereocenters. The Hall–Kier alpha value is -0.580. The molecular weight excluding hydrogens is 325 g/mol. The van der Waals surface area contributed by atoms with Crippen LogP contribution in [-0.4, -0.2) is 23.4 Å². The molecule has 1 fully saturated rings. The summed E-state index contributed by atoms with van der Waals surface area (Å²) in [4.78, 5) is 14.4. The van der Waals surface area contributed by atoms with Gasteiger partial charge in [-0.05, 0) is 66.6 Å². The van der Waals surface area contributed by atoms with E-state index in [-0.39, 0.29) is 5.91 Å². The predicted molar refractivity (Wildman–Crippen MR) is 78.1 cm³/mol. The van der Waals surface area contributed by atoms with Crippen molar-refractivity contribution in [1.29, 1.82) is 0 Å². The average molecular weight is 343 g/mol. The fourth-order valence-corrected chi connectivity index (χ4v) is 2.69. The maximum Gasteiger partial charge on any atom is 0.254 e. The quantitative estimate of drug-likeness (QED) is 0.712. The molecule has 1 saturated heterocycles. The number of carbonyl (C=O) groups is 1. The second kappa shape index (κ2) is 5.85. The zero-order valence-electron chi connectivity index (χ0n) is 10.2. The molecule has 1 aliphatic rings. The standard InChI is InChI=1S/C14H18INO/c1-11-5-3-2-4-10-16(11)14(17)12-6-8-13(15)9-7-12/h6-9,11H,2-5,10H2,1H3. The molecule has 2 nitrogen and oxygen atoms in total. The number of hydrogen-bond acceptors (Lipinski definition) is 1. The highest BCUT2D eigenvalue weighted by atomic mass is 127. The molecule has 1 aromatic rings. The topological polar surface area (TPSA) is 20.3 Å². The normalized spacial score (nSPS) is 21.1. The minimum absolute atomic E-state index is 0.191. The van der Waals surface area contributed by atoms with E-state index in [0.29, 0.717) is 6.04 Å². The average Bonchev–Trinajstić information content (AvgIpc) is 2.54. The Morgan fingerprint density at radius 3 is 2.65 bits per heavy atom. The molecule has 92 valence electrons. The summed E-state index contributed by atoms with van der Waals surface area (Å²) in [5, 5.41) is 0. The fraction of sp³-hybridized carbons (Fsp3) is 0.500. The molecule has 0 radical (unpaired) electrons. The third-order valence-corrected chi connectivity index (χ3v) is 4.12. The number of amides is 1. The van der Waals surface area contributed by atoms with Crippen LogP contribution in [0.25, 0.3) is 0 Å². The fourth-order valence-electron chi connectivity index (χ4n) is 2.33. The SMILES string of the molecule is CC1CCCCCN1C(=O)c1ccc(I)cc1. The molecule has 1 heterocycles. The minimum atomic E-state index is 0.191. The maximum atomic E-state index is 12.4. The summed E-state index contributed by atoms with van der Waals surface area (Å²) in [7, 11) is 0. The summed E-state index contributed by atoms with van der Waals surface area (Å²) < 4.78 is 1.17. The summed E-state index contributed by atoms with van der Waals surface area (Å²) in [5.74, 6) is 0.191. The lowest BCUT2D eigenvalue weighted by molar-refractivity contribution is 0.0698. The van der Waals surface area contributed by atoms with Gasteiger partial charge in [0, 0.05) is 21.7 Å². The Bertz CT molecular complexity index is 388. The molecule has 0 saturated carbocycles. The Morgan fingerprint density at radius 1 is 1.24 bits per heavy atom. The van der Waals surface area contributed by atoms with E-state index in [9.17, 15) is 4.79 Å². The molecule has 0 aliphatic carbocycles. The van der Waals surface area contributed by atoms with Crippen LogP contribution in [0.5, 0.6) is 0 Å². The van der Waals surface area contributed by atoms with E-state index in [1.54, 1.807) is 0 Å². The van der Waals surface area contributed by atoms with Crippen molar-refractivity contribution in [3.05, 3.63) is 33.4 Å². The van der Waals surface area contributed by atoms with E-state index >= 15 is 0 Å². The van der Waals surface area contributed by atoms with Crippen molar-refractivity contribution >= 4 is 28.5 Å². The largest absolute Gasteiger partial charge is 0.336 e. The van der Waals surface area contributed by atoms with Gasteiger partial charge in [0.05, 0.1) is 0 Å². The Labute approximate surface area is 117 Å². The third kappa shape index (κ3) is 3.21.